The molecule has 0 aliphatic heterocycles. The lowest BCUT2D eigenvalue weighted by Crippen LogP contribution is -1.98. The molecule has 1 unspecified atom stereocenters. The maximum Gasteiger partial charge on any atom is 0.123 e. The number of halogens is 4. The summed E-state index contributed by atoms with van der Waals surface area (Å²) in [6.07, 6.45) is 0. The van der Waals surface area contributed by atoms with Gasteiger partial charge in [0, 0.05) is 9.50 Å². The second-order valence-electron chi connectivity index (χ2n) is 4.49. The lowest BCUT2D eigenvalue weighted by molar-refractivity contribution is 0.625. The average molecular weight is 407 g/mol. The minimum atomic E-state index is -0.261. The van der Waals surface area contributed by atoms with E-state index in [4.69, 9.17) is 11.6 Å². The first-order chi connectivity index (χ1) is 8.90. The summed E-state index contributed by atoms with van der Waals surface area (Å²) in [6.45, 7) is 4.06. The van der Waals surface area contributed by atoms with E-state index in [2.05, 4.69) is 31.9 Å². The van der Waals surface area contributed by atoms with E-state index >= 15 is 0 Å². The van der Waals surface area contributed by atoms with Crippen molar-refractivity contribution in [1.29, 1.82) is 0 Å². The Morgan fingerprint density at radius 3 is 2.37 bits per heavy atom. The Hall–Kier alpha value is -0.380. The molecule has 2 aromatic rings. The van der Waals surface area contributed by atoms with Crippen LogP contribution in [0.4, 0.5) is 4.39 Å². The van der Waals surface area contributed by atoms with Crippen LogP contribution in [0.3, 0.4) is 0 Å². The van der Waals surface area contributed by atoms with E-state index in [-0.39, 0.29) is 10.6 Å². The fourth-order valence-electron chi connectivity index (χ4n) is 1.87. The minimum absolute atomic E-state index is 0.149. The van der Waals surface area contributed by atoms with Crippen LogP contribution in [0.1, 0.15) is 27.1 Å². The van der Waals surface area contributed by atoms with Crippen molar-refractivity contribution in [2.24, 2.45) is 0 Å². The Labute approximate surface area is 134 Å². The van der Waals surface area contributed by atoms with Crippen LogP contribution in [0.25, 0.3) is 0 Å². The fraction of sp³-hybridized carbons (Fsp3) is 0.200. The first kappa shape index (κ1) is 15.0. The standard InChI is InChI=1S/C15H12Br2ClF/c1-8-5-12(14(18)6-9(8)2)15(17)11-7-10(19)3-4-13(11)16/h3-7,15H,1-2H3. The Morgan fingerprint density at radius 2 is 1.68 bits per heavy atom. The van der Waals surface area contributed by atoms with E-state index in [0.29, 0.717) is 5.02 Å². The molecule has 100 valence electrons. The van der Waals surface area contributed by atoms with Gasteiger partial charge in [-0.15, -0.1) is 0 Å². The molecule has 1 atom stereocenters. The molecule has 0 aliphatic rings. The molecule has 0 aliphatic carbocycles. The number of benzene rings is 2. The lowest BCUT2D eigenvalue weighted by atomic mass is 10.00. The van der Waals surface area contributed by atoms with Crippen LogP contribution in [-0.4, -0.2) is 0 Å². The highest BCUT2D eigenvalue weighted by Gasteiger charge is 2.18. The highest BCUT2D eigenvalue weighted by atomic mass is 79.9. The van der Waals surface area contributed by atoms with Crippen molar-refractivity contribution in [3.8, 4) is 0 Å². The molecule has 19 heavy (non-hydrogen) atoms. The van der Waals surface area contributed by atoms with E-state index in [9.17, 15) is 4.39 Å². The van der Waals surface area contributed by atoms with Crippen LogP contribution in [0.2, 0.25) is 5.02 Å². The molecule has 0 saturated carbocycles. The average Bonchev–Trinajstić information content (AvgIpc) is 2.36. The smallest absolute Gasteiger partial charge is 0.123 e. The van der Waals surface area contributed by atoms with Crippen molar-refractivity contribution in [3.05, 3.63) is 67.9 Å². The number of rotatable bonds is 2. The number of alkyl halides is 1. The third kappa shape index (κ3) is 3.21. The van der Waals surface area contributed by atoms with Crippen molar-refractivity contribution >= 4 is 43.5 Å². The second-order valence-corrected chi connectivity index (χ2v) is 6.66. The molecule has 0 saturated heterocycles. The third-order valence-electron chi connectivity index (χ3n) is 3.12. The molecule has 0 spiro atoms. The summed E-state index contributed by atoms with van der Waals surface area (Å²) < 4.78 is 14.2. The zero-order valence-electron chi connectivity index (χ0n) is 10.5. The molecular weight excluding hydrogens is 394 g/mol. The van der Waals surface area contributed by atoms with Gasteiger partial charge in [-0.25, -0.2) is 4.39 Å². The van der Waals surface area contributed by atoms with Gasteiger partial charge in [0.15, 0.2) is 0 Å². The highest BCUT2D eigenvalue weighted by molar-refractivity contribution is 9.11. The quantitative estimate of drug-likeness (QED) is 0.510. The summed E-state index contributed by atoms with van der Waals surface area (Å²) in [5, 5.41) is 0.682. The molecule has 0 nitrogen and oxygen atoms in total. The number of aryl methyl sites for hydroxylation is 2. The summed E-state index contributed by atoms with van der Waals surface area (Å²) in [5.41, 5.74) is 4.07. The van der Waals surface area contributed by atoms with E-state index in [1.165, 1.54) is 12.1 Å². The molecule has 2 rings (SSSR count). The van der Waals surface area contributed by atoms with E-state index in [1.54, 1.807) is 6.07 Å². The summed E-state index contributed by atoms with van der Waals surface area (Å²) in [6, 6.07) is 8.61. The molecule has 0 fully saturated rings. The topological polar surface area (TPSA) is 0 Å². The molecule has 0 N–H and O–H groups in total. The van der Waals surface area contributed by atoms with Crippen LogP contribution in [0, 0.1) is 19.7 Å². The molecule has 0 bridgehead atoms. The fourth-order valence-corrected chi connectivity index (χ4v) is 3.87. The minimum Gasteiger partial charge on any atom is -0.207 e. The van der Waals surface area contributed by atoms with Crippen LogP contribution in [0.5, 0.6) is 0 Å². The summed E-state index contributed by atoms with van der Waals surface area (Å²) >= 11 is 13.4. The normalized spacial score (nSPS) is 12.5. The Morgan fingerprint density at radius 1 is 1.05 bits per heavy atom. The Kier molecular flexibility index (Phi) is 4.70. The monoisotopic (exact) mass is 404 g/mol. The van der Waals surface area contributed by atoms with E-state index < -0.39 is 0 Å². The van der Waals surface area contributed by atoms with Gasteiger partial charge in [0.1, 0.15) is 5.82 Å². The molecule has 0 aromatic heterocycles. The van der Waals surface area contributed by atoms with E-state index in [0.717, 1.165) is 26.7 Å². The summed E-state index contributed by atoms with van der Waals surface area (Å²) in [4.78, 5) is -0.149. The number of hydrogen-bond donors (Lipinski definition) is 0. The Bertz CT molecular complexity index is 626. The van der Waals surface area contributed by atoms with Gasteiger partial charge in [0.05, 0.1) is 4.83 Å². The van der Waals surface area contributed by atoms with Gasteiger partial charge in [-0.1, -0.05) is 49.5 Å². The summed E-state index contributed by atoms with van der Waals surface area (Å²) in [7, 11) is 0. The molecule has 0 radical (unpaired) electrons. The zero-order valence-corrected chi connectivity index (χ0v) is 14.4. The van der Waals surface area contributed by atoms with Gasteiger partial charge >= 0.3 is 0 Å². The molecule has 4 heteroatoms. The highest BCUT2D eigenvalue weighted by Crippen LogP contribution is 2.39. The Balaban J connectivity index is 2.52. The van der Waals surface area contributed by atoms with Crippen molar-refractivity contribution in [2.45, 2.75) is 18.7 Å². The number of hydrogen-bond acceptors (Lipinski definition) is 0. The van der Waals surface area contributed by atoms with E-state index in [1.807, 2.05) is 26.0 Å². The maximum atomic E-state index is 13.4. The van der Waals surface area contributed by atoms with Gasteiger partial charge in [-0.3, -0.25) is 0 Å². The molecule has 0 amide bonds. The van der Waals surface area contributed by atoms with Crippen molar-refractivity contribution in [2.75, 3.05) is 0 Å². The largest absolute Gasteiger partial charge is 0.207 e. The molecule has 0 heterocycles. The van der Waals surface area contributed by atoms with Gasteiger partial charge < -0.3 is 0 Å². The van der Waals surface area contributed by atoms with Crippen molar-refractivity contribution < 1.29 is 4.39 Å². The third-order valence-corrected chi connectivity index (χ3v) is 5.15. The van der Waals surface area contributed by atoms with Crippen molar-refractivity contribution in [3.63, 3.8) is 0 Å². The SMILES string of the molecule is Cc1cc(Cl)c(C(Br)c2cc(F)ccc2Br)cc1C. The molecular formula is C15H12Br2ClF. The van der Waals surface area contributed by atoms with Crippen LogP contribution in [-0.2, 0) is 0 Å². The predicted molar refractivity (Wildman–Crippen MR) is 85.8 cm³/mol. The van der Waals surface area contributed by atoms with Crippen LogP contribution < -0.4 is 0 Å². The predicted octanol–water partition coefficient (Wildman–Crippen LogP) is 6.34. The summed E-state index contributed by atoms with van der Waals surface area (Å²) in [5.74, 6) is -0.261. The van der Waals surface area contributed by atoms with Crippen molar-refractivity contribution in [1.82, 2.24) is 0 Å². The van der Waals surface area contributed by atoms with Gasteiger partial charge in [0.25, 0.3) is 0 Å². The zero-order chi connectivity index (χ0) is 14.2. The first-order valence-electron chi connectivity index (χ1n) is 5.76. The lowest BCUT2D eigenvalue weighted by Gasteiger charge is -2.16. The van der Waals surface area contributed by atoms with Crippen LogP contribution in [0.15, 0.2) is 34.8 Å². The molecule has 2 aromatic carbocycles. The first-order valence-corrected chi connectivity index (χ1v) is 7.84. The van der Waals surface area contributed by atoms with Gasteiger partial charge in [-0.05, 0) is 60.4 Å². The maximum absolute atomic E-state index is 13.4. The van der Waals surface area contributed by atoms with Gasteiger partial charge in [0.2, 0.25) is 0 Å². The second kappa shape index (κ2) is 5.94. The van der Waals surface area contributed by atoms with Gasteiger partial charge in [-0.2, -0.15) is 0 Å². The van der Waals surface area contributed by atoms with Crippen LogP contribution >= 0.6 is 43.5 Å².